The van der Waals surface area contributed by atoms with Crippen molar-refractivity contribution in [2.45, 2.75) is 17.4 Å². The van der Waals surface area contributed by atoms with E-state index in [0.717, 1.165) is 28.3 Å². The molecule has 0 bridgehead atoms. The Labute approximate surface area is 110 Å². The Morgan fingerprint density at radius 2 is 2.41 bits per heavy atom. The first kappa shape index (κ1) is 12.8. The maximum Gasteiger partial charge on any atom is 0.234 e. The van der Waals surface area contributed by atoms with Gasteiger partial charge in [-0.25, -0.2) is 0 Å². The van der Waals surface area contributed by atoms with Gasteiger partial charge in [0.25, 0.3) is 0 Å². The molecule has 0 fully saturated rings. The molecule has 0 radical (unpaired) electrons. The van der Waals surface area contributed by atoms with E-state index in [2.05, 4.69) is 17.6 Å². The molecule has 0 saturated carbocycles. The Balaban J connectivity index is 2.14. The summed E-state index contributed by atoms with van der Waals surface area (Å²) in [6.45, 7) is 0. The van der Waals surface area contributed by atoms with Crippen LogP contribution in [-0.2, 0) is 4.79 Å². The van der Waals surface area contributed by atoms with Gasteiger partial charge in [-0.1, -0.05) is 6.07 Å². The van der Waals surface area contributed by atoms with Crippen LogP contribution in [0, 0.1) is 0 Å². The van der Waals surface area contributed by atoms with E-state index in [4.69, 9.17) is 5.73 Å². The topological polar surface area (TPSA) is 55.1 Å². The summed E-state index contributed by atoms with van der Waals surface area (Å²) in [7, 11) is 0. The van der Waals surface area contributed by atoms with Gasteiger partial charge in [-0.3, -0.25) is 4.79 Å². The zero-order chi connectivity index (χ0) is 12.3. The molecule has 92 valence electrons. The van der Waals surface area contributed by atoms with Gasteiger partial charge in [0, 0.05) is 10.9 Å². The fourth-order valence-corrected chi connectivity index (χ4v) is 3.02. The number of benzene rings is 1. The standard InChI is InChI=1S/C12H16N2OS2/c1-16-5-4-9(13)8-2-3-11-10(6-8)14-12(15)7-17-11/h2-3,6,9H,4-5,7,13H2,1H3,(H,14,15). The van der Waals surface area contributed by atoms with E-state index < -0.39 is 0 Å². The van der Waals surface area contributed by atoms with Crippen molar-refractivity contribution in [3.8, 4) is 0 Å². The fourth-order valence-electron chi connectivity index (χ4n) is 1.74. The highest BCUT2D eigenvalue weighted by molar-refractivity contribution is 8.00. The number of fused-ring (bicyclic) bond motifs is 1. The number of carbonyl (C=O) groups excluding carboxylic acids is 1. The molecule has 3 nitrogen and oxygen atoms in total. The van der Waals surface area contributed by atoms with Gasteiger partial charge in [-0.05, 0) is 36.1 Å². The lowest BCUT2D eigenvalue weighted by Gasteiger charge is -2.19. The molecule has 0 aromatic heterocycles. The summed E-state index contributed by atoms with van der Waals surface area (Å²) < 4.78 is 0. The molecule has 1 atom stereocenters. The number of carbonyl (C=O) groups is 1. The Morgan fingerprint density at radius 1 is 1.59 bits per heavy atom. The molecule has 1 aromatic carbocycles. The van der Waals surface area contributed by atoms with Crippen molar-refractivity contribution >= 4 is 35.1 Å². The molecule has 2 rings (SSSR count). The molecule has 1 unspecified atom stereocenters. The summed E-state index contributed by atoms with van der Waals surface area (Å²) in [6, 6.07) is 6.17. The predicted molar refractivity (Wildman–Crippen MR) is 75.7 cm³/mol. The molecule has 3 N–H and O–H groups in total. The highest BCUT2D eigenvalue weighted by Crippen LogP contribution is 2.33. The average Bonchev–Trinajstić information content (AvgIpc) is 2.35. The maximum absolute atomic E-state index is 11.3. The molecule has 1 aliphatic heterocycles. The van der Waals surface area contributed by atoms with Crippen molar-refractivity contribution < 1.29 is 4.79 Å². The van der Waals surface area contributed by atoms with E-state index >= 15 is 0 Å². The van der Waals surface area contributed by atoms with E-state index in [1.54, 1.807) is 23.5 Å². The van der Waals surface area contributed by atoms with E-state index in [-0.39, 0.29) is 11.9 Å². The number of thioether (sulfide) groups is 2. The van der Waals surface area contributed by atoms with Gasteiger partial charge < -0.3 is 11.1 Å². The van der Waals surface area contributed by atoms with E-state index in [1.165, 1.54) is 0 Å². The van der Waals surface area contributed by atoms with Crippen LogP contribution >= 0.6 is 23.5 Å². The van der Waals surface area contributed by atoms with Crippen LogP contribution in [0.4, 0.5) is 5.69 Å². The smallest absolute Gasteiger partial charge is 0.234 e. The Bertz CT molecular complexity index is 423. The first-order valence-corrected chi connectivity index (χ1v) is 7.90. The number of nitrogens with one attached hydrogen (secondary N) is 1. The molecule has 0 aliphatic carbocycles. The van der Waals surface area contributed by atoms with Crippen molar-refractivity contribution in [1.29, 1.82) is 0 Å². The predicted octanol–water partition coefficient (Wildman–Crippen LogP) is 2.48. The third-order valence-corrected chi connectivity index (χ3v) is 4.42. The third kappa shape index (κ3) is 3.18. The summed E-state index contributed by atoms with van der Waals surface area (Å²) in [5, 5.41) is 2.89. The van der Waals surface area contributed by atoms with Crippen LogP contribution in [0.15, 0.2) is 23.1 Å². The molecule has 1 aliphatic rings. The lowest BCUT2D eigenvalue weighted by atomic mass is 10.0. The van der Waals surface area contributed by atoms with Crippen LogP contribution in [0.1, 0.15) is 18.0 Å². The van der Waals surface area contributed by atoms with Gasteiger partial charge in [0.15, 0.2) is 0 Å². The summed E-state index contributed by atoms with van der Waals surface area (Å²) in [5.41, 5.74) is 8.12. The Morgan fingerprint density at radius 3 is 3.18 bits per heavy atom. The minimum Gasteiger partial charge on any atom is -0.324 e. The summed E-state index contributed by atoms with van der Waals surface area (Å²) in [4.78, 5) is 12.4. The third-order valence-electron chi connectivity index (χ3n) is 2.70. The van der Waals surface area contributed by atoms with Gasteiger partial charge in [-0.15, -0.1) is 11.8 Å². The number of rotatable bonds is 4. The van der Waals surface area contributed by atoms with Crippen LogP contribution in [0.2, 0.25) is 0 Å². The summed E-state index contributed by atoms with van der Waals surface area (Å²) >= 11 is 3.38. The van der Waals surface area contributed by atoms with Gasteiger partial charge >= 0.3 is 0 Å². The molecule has 5 heteroatoms. The van der Waals surface area contributed by atoms with Crippen molar-refractivity contribution in [3.05, 3.63) is 23.8 Å². The number of hydrogen-bond donors (Lipinski definition) is 2. The summed E-state index contributed by atoms with van der Waals surface area (Å²) in [6.07, 6.45) is 3.04. The second kappa shape index (κ2) is 5.80. The monoisotopic (exact) mass is 268 g/mol. The Hall–Kier alpha value is -0.650. The van der Waals surface area contributed by atoms with Crippen molar-refractivity contribution in [2.24, 2.45) is 5.73 Å². The van der Waals surface area contributed by atoms with Gasteiger partial charge in [0.05, 0.1) is 11.4 Å². The van der Waals surface area contributed by atoms with Crippen LogP contribution in [0.25, 0.3) is 0 Å². The normalized spacial score (nSPS) is 16.2. The maximum atomic E-state index is 11.3. The average molecular weight is 268 g/mol. The SMILES string of the molecule is CSCCC(N)c1ccc2c(c1)NC(=O)CS2. The highest BCUT2D eigenvalue weighted by Gasteiger charge is 2.16. The van der Waals surface area contributed by atoms with E-state index in [0.29, 0.717) is 5.75 Å². The molecule has 0 spiro atoms. The second-order valence-electron chi connectivity index (χ2n) is 3.98. The highest BCUT2D eigenvalue weighted by atomic mass is 32.2. The van der Waals surface area contributed by atoms with Crippen LogP contribution in [-0.4, -0.2) is 23.7 Å². The second-order valence-corrected chi connectivity index (χ2v) is 5.98. The largest absolute Gasteiger partial charge is 0.324 e. The van der Waals surface area contributed by atoms with Gasteiger partial charge in [0.1, 0.15) is 0 Å². The van der Waals surface area contributed by atoms with E-state index in [1.807, 2.05) is 12.1 Å². The molecule has 1 aromatic rings. The minimum absolute atomic E-state index is 0.0524. The summed E-state index contributed by atoms with van der Waals surface area (Å²) in [5.74, 6) is 1.63. The number of hydrogen-bond acceptors (Lipinski definition) is 4. The van der Waals surface area contributed by atoms with Gasteiger partial charge in [-0.2, -0.15) is 11.8 Å². The quantitative estimate of drug-likeness (QED) is 0.881. The first-order chi connectivity index (χ1) is 8.20. The van der Waals surface area contributed by atoms with Crippen molar-refractivity contribution in [2.75, 3.05) is 23.1 Å². The number of anilines is 1. The molecular formula is C12H16N2OS2. The first-order valence-electron chi connectivity index (χ1n) is 5.52. The van der Waals surface area contributed by atoms with E-state index in [9.17, 15) is 4.79 Å². The van der Waals surface area contributed by atoms with Gasteiger partial charge in [0.2, 0.25) is 5.91 Å². The minimum atomic E-state index is 0.0524. The van der Waals surface area contributed by atoms with Crippen LogP contribution in [0.3, 0.4) is 0 Å². The fraction of sp³-hybridized carbons (Fsp3) is 0.417. The van der Waals surface area contributed by atoms with Crippen molar-refractivity contribution in [1.82, 2.24) is 0 Å². The zero-order valence-corrected chi connectivity index (χ0v) is 11.4. The Kier molecular flexibility index (Phi) is 4.36. The molecule has 17 heavy (non-hydrogen) atoms. The number of nitrogens with two attached hydrogens (primary N) is 1. The lowest BCUT2D eigenvalue weighted by Crippen LogP contribution is -2.19. The molecular weight excluding hydrogens is 252 g/mol. The van der Waals surface area contributed by atoms with Crippen LogP contribution in [0.5, 0.6) is 0 Å². The van der Waals surface area contributed by atoms with Crippen LogP contribution < -0.4 is 11.1 Å². The zero-order valence-electron chi connectivity index (χ0n) is 9.73. The van der Waals surface area contributed by atoms with Crippen molar-refractivity contribution in [3.63, 3.8) is 0 Å². The molecule has 1 amide bonds. The molecule has 1 heterocycles. The lowest BCUT2D eigenvalue weighted by molar-refractivity contribution is -0.113. The molecule has 0 saturated heterocycles. The number of amides is 1.